The molecule has 1 unspecified atom stereocenters. The number of rotatable bonds is 6. The van der Waals surface area contributed by atoms with Gasteiger partial charge in [-0.1, -0.05) is 241 Å². The predicted octanol–water partition coefficient (Wildman–Crippen LogP) is 25.5. The molecule has 5 nitrogen and oxygen atoms in total. The van der Waals surface area contributed by atoms with Crippen LogP contribution < -0.4 is 22.8 Å². The Balaban J connectivity index is 0.000000116. The molecule has 20 rings (SSSR count). The number of aryl methyl sites for hydroxylation is 10. The average molecular weight is 1580 g/mol. The van der Waals surface area contributed by atoms with E-state index in [4.69, 9.17) is 8.22 Å². The summed E-state index contributed by atoms with van der Waals surface area (Å²) in [5.41, 5.74) is 43.4. The second-order valence-corrected chi connectivity index (χ2v) is 36.4. The summed E-state index contributed by atoms with van der Waals surface area (Å²) in [6, 6.07) is 85.2. The number of pyridine rings is 5. The minimum atomic E-state index is -2.43. The number of hydrogen-bond donors (Lipinski definition) is 0. The summed E-state index contributed by atoms with van der Waals surface area (Å²) in [6.07, 6.45) is 10.4. The minimum Gasteiger partial charge on any atom is -0.207 e. The molecule has 6 heteroatoms. The summed E-state index contributed by atoms with van der Waals surface area (Å²) in [4.78, 5) is 0. The Morgan fingerprint density at radius 2 is 0.617 bits per heavy atom. The van der Waals surface area contributed by atoms with Crippen LogP contribution in [0.3, 0.4) is 0 Å². The molecule has 15 aromatic rings. The molecule has 0 fully saturated rings. The van der Waals surface area contributed by atoms with Crippen LogP contribution in [-0.4, -0.2) is 0 Å². The zero-order valence-corrected chi connectivity index (χ0v) is 74.1. The molecule has 5 aromatic heterocycles. The van der Waals surface area contributed by atoms with Crippen LogP contribution in [-0.2, 0) is 62.3 Å². The molecule has 120 heavy (non-hydrogen) atoms. The largest absolute Gasteiger partial charge is 0.213 e. The van der Waals surface area contributed by atoms with Crippen molar-refractivity contribution in [3.05, 3.63) is 386 Å². The van der Waals surface area contributed by atoms with Gasteiger partial charge < -0.3 is 0 Å². The second kappa shape index (κ2) is 30.9. The Morgan fingerprint density at radius 1 is 0.292 bits per heavy atom. The summed E-state index contributed by atoms with van der Waals surface area (Å²) >= 11 is 0. The Hall–Kier alpha value is -12.1. The van der Waals surface area contributed by atoms with Gasteiger partial charge in [-0.3, -0.25) is 0 Å². The Labute approximate surface area is 722 Å². The standard InChI is InChI=1S/C25H28N.C23H24N.C22H21FN.2C22H22N/c1-16(2)19-15-17(3)22(21-13-9-10-14-26(21)6)23-18-11-7-8-12-20(18)25(4,5)24(19)23;1-15-14-19-22(17-10-6-7-11-18(17)23(19,3)4)21(16(15)2)20-12-8-9-13-24(20)5;1-14-13-17(23)21-20(19(14)18-11-7-8-12-24(18)4)15-9-5-6-10-16(15)22(21,2)3;2*1-15-12-13-18-21(20(15)19-11-7-8-14-23(19)4)16-9-5-6-10-17(16)22(18,2)3/h7-16H,1-6H3;6-14H,1-5H3;5-13H,1-4H3;2*5-14H,1-4H3/q5*+1/i1D3,16D;;;9D;5D. The van der Waals surface area contributed by atoms with Crippen molar-refractivity contribution in [1.82, 2.24) is 0 Å². The predicted molar refractivity (Wildman–Crippen MR) is 496 cm³/mol. The van der Waals surface area contributed by atoms with Crippen LogP contribution in [0.15, 0.2) is 286 Å². The van der Waals surface area contributed by atoms with Crippen molar-refractivity contribution in [1.29, 1.82) is 0 Å². The van der Waals surface area contributed by atoms with Gasteiger partial charge in [0.25, 0.3) is 0 Å². The van der Waals surface area contributed by atoms with Crippen molar-refractivity contribution in [2.24, 2.45) is 35.2 Å². The van der Waals surface area contributed by atoms with E-state index in [0.29, 0.717) is 17.6 Å². The first-order valence-electron chi connectivity index (χ1n) is 45.3. The van der Waals surface area contributed by atoms with Crippen LogP contribution in [0.25, 0.3) is 112 Å². The number of hydrogen-bond acceptors (Lipinski definition) is 0. The number of halogens is 1. The number of benzene rings is 10. The van der Waals surface area contributed by atoms with Crippen LogP contribution in [0.4, 0.5) is 4.39 Å². The van der Waals surface area contributed by atoms with E-state index in [1.165, 1.54) is 135 Å². The third-order valence-corrected chi connectivity index (χ3v) is 27.1. The lowest BCUT2D eigenvalue weighted by Gasteiger charge is -2.27. The van der Waals surface area contributed by atoms with Crippen LogP contribution in [0.1, 0.15) is 192 Å². The van der Waals surface area contributed by atoms with Crippen molar-refractivity contribution < 1.29 is 35.5 Å². The fourth-order valence-electron chi connectivity index (χ4n) is 20.7. The summed E-state index contributed by atoms with van der Waals surface area (Å²) in [6.45, 7) is 34.3. The van der Waals surface area contributed by atoms with E-state index in [1.807, 2.05) is 119 Å². The maximum Gasteiger partial charge on any atom is 0.213 e. The highest BCUT2D eigenvalue weighted by molar-refractivity contribution is 5.98. The molecule has 10 aromatic carbocycles. The molecule has 0 bridgehead atoms. The lowest BCUT2D eigenvalue weighted by Crippen LogP contribution is -2.30. The van der Waals surface area contributed by atoms with E-state index in [2.05, 4.69) is 317 Å². The Morgan fingerprint density at radius 3 is 1.06 bits per heavy atom. The summed E-state index contributed by atoms with van der Waals surface area (Å²) in [5, 5.41) is 0. The quantitative estimate of drug-likeness (QED) is 0.148. The molecule has 0 radical (unpaired) electrons. The zero-order chi connectivity index (χ0) is 90.3. The normalized spacial score (nSPS) is 15.7. The smallest absolute Gasteiger partial charge is 0.207 e. The lowest BCUT2D eigenvalue weighted by molar-refractivity contribution is -0.660. The molecule has 0 aliphatic heterocycles. The second-order valence-electron chi connectivity index (χ2n) is 36.4. The first-order valence-corrected chi connectivity index (χ1v) is 42.3. The topological polar surface area (TPSA) is 19.4 Å². The highest BCUT2D eigenvalue weighted by Crippen LogP contribution is 2.59. The molecular formula is C114H117FN5+5. The van der Waals surface area contributed by atoms with Gasteiger partial charge in [0.05, 0.1) is 30.6 Å². The molecule has 600 valence electrons. The van der Waals surface area contributed by atoms with Crippen molar-refractivity contribution in [3.8, 4) is 112 Å². The summed E-state index contributed by atoms with van der Waals surface area (Å²) < 4.78 is 75.6. The van der Waals surface area contributed by atoms with E-state index >= 15 is 4.39 Å². The molecule has 0 saturated heterocycles. The molecule has 0 amide bonds. The maximum atomic E-state index is 15.0. The van der Waals surface area contributed by atoms with E-state index in [0.717, 1.165) is 72.6 Å². The lowest BCUT2D eigenvalue weighted by atomic mass is 9.76. The van der Waals surface area contributed by atoms with Gasteiger partial charge >= 0.3 is 0 Å². The minimum absolute atomic E-state index is 0.0336. The van der Waals surface area contributed by atoms with Gasteiger partial charge in [-0.05, 0) is 201 Å². The van der Waals surface area contributed by atoms with Gasteiger partial charge in [-0.2, -0.15) is 0 Å². The van der Waals surface area contributed by atoms with E-state index in [9.17, 15) is 0 Å². The number of fused-ring (bicyclic) bond motifs is 15. The van der Waals surface area contributed by atoms with Gasteiger partial charge in [0.1, 0.15) is 41.1 Å². The van der Waals surface area contributed by atoms with Crippen molar-refractivity contribution >= 4 is 0 Å². The van der Waals surface area contributed by atoms with Gasteiger partial charge in [-0.15, -0.1) is 0 Å². The van der Waals surface area contributed by atoms with E-state index in [1.54, 1.807) is 6.07 Å². The number of nitrogens with zero attached hydrogens (tertiary/aromatic N) is 5. The summed E-state index contributed by atoms with van der Waals surface area (Å²) in [5.74, 6) is -1.82. The van der Waals surface area contributed by atoms with Crippen LogP contribution >= 0.6 is 0 Å². The third-order valence-electron chi connectivity index (χ3n) is 27.1. The first-order chi connectivity index (χ1) is 59.6. The Bertz CT molecular complexity index is 6950. The van der Waals surface area contributed by atoms with Crippen molar-refractivity contribution in [3.63, 3.8) is 0 Å². The average Bonchev–Trinajstić information content (AvgIpc) is 1.53. The molecule has 0 N–H and O–H groups in total. The third kappa shape index (κ3) is 13.3. The van der Waals surface area contributed by atoms with Crippen molar-refractivity contribution in [2.45, 2.75) is 158 Å². The summed E-state index contributed by atoms with van der Waals surface area (Å²) in [7, 11) is 10.4. The zero-order valence-electron chi connectivity index (χ0n) is 80.1. The molecular weight excluding hydrogens is 1460 g/mol. The fraction of sp³-hybridized carbons (Fsp3) is 0.254. The first kappa shape index (κ1) is 74.2. The highest BCUT2D eigenvalue weighted by atomic mass is 19.1. The molecule has 0 saturated carbocycles. The number of aromatic nitrogens is 5. The monoisotopic (exact) mass is 1580 g/mol. The Kier molecular flexibility index (Phi) is 19.1. The van der Waals surface area contributed by atoms with Gasteiger partial charge in [-0.25, -0.2) is 27.2 Å². The van der Waals surface area contributed by atoms with E-state index in [-0.39, 0.29) is 27.5 Å². The van der Waals surface area contributed by atoms with Crippen LogP contribution in [0, 0.1) is 47.4 Å². The highest BCUT2D eigenvalue weighted by Gasteiger charge is 2.46. The fourth-order valence-corrected chi connectivity index (χ4v) is 20.7. The molecule has 5 heterocycles. The molecule has 0 spiro atoms. The van der Waals surface area contributed by atoms with Gasteiger partial charge in [0.2, 0.25) is 28.5 Å². The van der Waals surface area contributed by atoms with E-state index < -0.39 is 18.2 Å². The molecule has 5 aliphatic carbocycles. The molecule has 5 aliphatic rings. The van der Waals surface area contributed by atoms with Gasteiger partial charge in [0, 0.05) is 127 Å². The van der Waals surface area contributed by atoms with Crippen molar-refractivity contribution in [2.75, 3.05) is 0 Å². The van der Waals surface area contributed by atoms with Crippen LogP contribution in [0.5, 0.6) is 0 Å². The van der Waals surface area contributed by atoms with Gasteiger partial charge in [0.15, 0.2) is 31.0 Å². The molecule has 1 atom stereocenters. The SMILES string of the molecule is Cc1cc(F)c2c(c1-c1cccc[n+]1C)-c1ccccc1C2(C)C.Cc1cc2c(c(-c3cccc[n+]3C)c1C)-c1ccccc1C2(C)C.[2H]C([2H])([2H])C([2H])(C)c1cc(C)c(-c2cccc[n+]2C)c2c1C(C)(C)c1ccccc1-2.[2H]c1ccc2c(c1)-c1c(ccc(C)c1-c1cccc[n+]1C)C2(C)C.[2H]c1cccc2c1-c1c(ccc(C)c1-c1cccc[n+]1C)C2(C)C. The maximum absolute atomic E-state index is 15.0. The van der Waals surface area contributed by atoms with Crippen LogP contribution in [0.2, 0.25) is 0 Å².